The Kier molecular flexibility index (Phi) is 6.38. The Morgan fingerprint density at radius 3 is 2.21 bits per heavy atom. The summed E-state index contributed by atoms with van der Waals surface area (Å²) in [6.07, 6.45) is 2.28. The lowest BCUT2D eigenvalue weighted by Gasteiger charge is -2.35. The number of nitrogens with zero attached hydrogens (tertiary/aromatic N) is 1. The zero-order valence-corrected chi connectivity index (χ0v) is 10.8. The molecule has 2 heteroatoms. The van der Waals surface area contributed by atoms with Gasteiger partial charge in [-0.05, 0) is 33.4 Å². The van der Waals surface area contributed by atoms with Crippen LogP contribution in [0, 0.1) is 5.92 Å². The average molecular weight is 201 g/mol. The summed E-state index contributed by atoms with van der Waals surface area (Å²) in [5.74, 6) is 0.634. The van der Waals surface area contributed by atoms with E-state index in [1.807, 2.05) is 0 Å². The fourth-order valence-corrected chi connectivity index (χ4v) is 1.49. The van der Waals surface area contributed by atoms with Gasteiger partial charge in [-0.25, -0.2) is 0 Å². The quantitative estimate of drug-likeness (QED) is 0.628. The molecule has 0 saturated heterocycles. The molecule has 0 heterocycles. The highest BCUT2D eigenvalue weighted by molar-refractivity contribution is 4.79. The van der Waals surface area contributed by atoms with Gasteiger partial charge in [-0.2, -0.15) is 0 Å². The first-order chi connectivity index (χ1) is 6.46. The van der Waals surface area contributed by atoms with Gasteiger partial charge in [0.05, 0.1) is 12.2 Å². The number of likely N-dealkylation sites (N-methyl/N-ethyl adjacent to an activating group) is 1. The second-order valence-corrected chi connectivity index (χ2v) is 4.63. The lowest BCUT2D eigenvalue weighted by atomic mass is 9.86. The standard InChI is InChI=1S/C12H27NO/c1-7-11(3)12(4,8-2)14-10-9-13(5)6/h11H,7-10H2,1-6H3/t11-,12-/m0/s1. The molecule has 0 N–H and O–H groups in total. The molecule has 0 aliphatic rings. The highest BCUT2D eigenvalue weighted by Crippen LogP contribution is 2.27. The lowest BCUT2D eigenvalue weighted by molar-refractivity contribution is -0.0758. The van der Waals surface area contributed by atoms with Crippen molar-refractivity contribution in [3.8, 4) is 0 Å². The van der Waals surface area contributed by atoms with Crippen LogP contribution in [0.4, 0.5) is 0 Å². The van der Waals surface area contributed by atoms with Crippen LogP contribution in [0.2, 0.25) is 0 Å². The minimum Gasteiger partial charge on any atom is -0.374 e. The molecule has 0 aromatic carbocycles. The van der Waals surface area contributed by atoms with E-state index in [0.717, 1.165) is 19.6 Å². The Labute approximate surface area is 89.6 Å². The number of rotatable bonds is 7. The second kappa shape index (κ2) is 6.41. The van der Waals surface area contributed by atoms with Crippen molar-refractivity contribution < 1.29 is 4.74 Å². The van der Waals surface area contributed by atoms with Crippen molar-refractivity contribution in [1.82, 2.24) is 4.90 Å². The van der Waals surface area contributed by atoms with E-state index in [1.54, 1.807) is 0 Å². The summed E-state index contributed by atoms with van der Waals surface area (Å²) in [6.45, 7) is 10.8. The third-order valence-corrected chi connectivity index (χ3v) is 3.33. The van der Waals surface area contributed by atoms with Crippen LogP contribution in [0.25, 0.3) is 0 Å². The number of hydrogen-bond donors (Lipinski definition) is 0. The van der Waals surface area contributed by atoms with Crippen LogP contribution in [0.15, 0.2) is 0 Å². The third-order valence-electron chi connectivity index (χ3n) is 3.33. The normalized spacial score (nSPS) is 18.2. The van der Waals surface area contributed by atoms with Crippen LogP contribution in [-0.2, 0) is 4.74 Å². The van der Waals surface area contributed by atoms with Gasteiger partial charge in [-0.15, -0.1) is 0 Å². The minimum atomic E-state index is 0.0603. The molecule has 2 atom stereocenters. The smallest absolute Gasteiger partial charge is 0.0677 e. The van der Waals surface area contributed by atoms with Crippen molar-refractivity contribution in [2.75, 3.05) is 27.2 Å². The monoisotopic (exact) mass is 201 g/mol. The van der Waals surface area contributed by atoms with Gasteiger partial charge in [0, 0.05) is 6.54 Å². The Morgan fingerprint density at radius 1 is 1.29 bits per heavy atom. The zero-order valence-electron chi connectivity index (χ0n) is 10.8. The molecular weight excluding hydrogens is 174 g/mol. The predicted molar refractivity (Wildman–Crippen MR) is 62.7 cm³/mol. The summed E-state index contributed by atoms with van der Waals surface area (Å²) in [5.41, 5.74) is 0.0603. The highest BCUT2D eigenvalue weighted by atomic mass is 16.5. The van der Waals surface area contributed by atoms with E-state index >= 15 is 0 Å². The van der Waals surface area contributed by atoms with Crippen molar-refractivity contribution in [1.29, 1.82) is 0 Å². The summed E-state index contributed by atoms with van der Waals surface area (Å²) in [5, 5.41) is 0. The highest BCUT2D eigenvalue weighted by Gasteiger charge is 2.28. The number of hydrogen-bond acceptors (Lipinski definition) is 2. The molecule has 86 valence electrons. The van der Waals surface area contributed by atoms with Crippen LogP contribution >= 0.6 is 0 Å². The molecule has 0 rings (SSSR count). The first-order valence-electron chi connectivity index (χ1n) is 5.75. The topological polar surface area (TPSA) is 12.5 Å². The molecule has 0 spiro atoms. The summed E-state index contributed by atoms with van der Waals surface area (Å²) in [4.78, 5) is 2.16. The van der Waals surface area contributed by atoms with Crippen LogP contribution in [0.3, 0.4) is 0 Å². The maximum Gasteiger partial charge on any atom is 0.0677 e. The maximum absolute atomic E-state index is 6.00. The molecule has 0 aliphatic carbocycles. The first-order valence-corrected chi connectivity index (χ1v) is 5.75. The van der Waals surface area contributed by atoms with Crippen LogP contribution in [0.1, 0.15) is 40.5 Å². The van der Waals surface area contributed by atoms with E-state index in [0.29, 0.717) is 5.92 Å². The molecule has 0 amide bonds. The molecule has 0 fully saturated rings. The molecule has 0 aromatic rings. The third kappa shape index (κ3) is 4.43. The zero-order chi connectivity index (χ0) is 11.2. The van der Waals surface area contributed by atoms with E-state index in [-0.39, 0.29) is 5.60 Å². The van der Waals surface area contributed by atoms with Gasteiger partial charge in [0.25, 0.3) is 0 Å². The summed E-state index contributed by atoms with van der Waals surface area (Å²) in [6, 6.07) is 0. The van der Waals surface area contributed by atoms with E-state index in [9.17, 15) is 0 Å². The van der Waals surface area contributed by atoms with E-state index in [2.05, 4.69) is 46.7 Å². The minimum absolute atomic E-state index is 0.0603. The molecule has 0 radical (unpaired) electrons. The van der Waals surface area contributed by atoms with Crippen molar-refractivity contribution in [3.05, 3.63) is 0 Å². The molecule has 0 bridgehead atoms. The maximum atomic E-state index is 6.00. The van der Waals surface area contributed by atoms with Crippen molar-refractivity contribution >= 4 is 0 Å². The van der Waals surface area contributed by atoms with Gasteiger partial charge in [-0.1, -0.05) is 27.2 Å². The molecule has 0 saturated carbocycles. The Bertz CT molecular complexity index is 147. The summed E-state index contributed by atoms with van der Waals surface area (Å²) < 4.78 is 6.00. The molecule has 2 nitrogen and oxygen atoms in total. The fourth-order valence-electron chi connectivity index (χ4n) is 1.49. The van der Waals surface area contributed by atoms with Gasteiger partial charge in [-0.3, -0.25) is 0 Å². The van der Waals surface area contributed by atoms with Crippen molar-refractivity contribution in [2.24, 2.45) is 5.92 Å². The second-order valence-electron chi connectivity index (χ2n) is 4.63. The van der Waals surface area contributed by atoms with Gasteiger partial charge >= 0.3 is 0 Å². The van der Waals surface area contributed by atoms with Gasteiger partial charge in [0.15, 0.2) is 0 Å². The Morgan fingerprint density at radius 2 is 1.86 bits per heavy atom. The molecule has 14 heavy (non-hydrogen) atoms. The van der Waals surface area contributed by atoms with Crippen LogP contribution < -0.4 is 0 Å². The predicted octanol–water partition coefficient (Wildman–Crippen LogP) is 2.78. The molecule has 0 unspecified atom stereocenters. The molecular formula is C12H27NO. The Balaban J connectivity index is 3.99. The largest absolute Gasteiger partial charge is 0.374 e. The van der Waals surface area contributed by atoms with Crippen LogP contribution in [-0.4, -0.2) is 37.7 Å². The fraction of sp³-hybridized carbons (Fsp3) is 1.00. The Hall–Kier alpha value is -0.0800. The SMILES string of the molecule is CC[C@H](C)[C@](C)(CC)OCCN(C)C. The lowest BCUT2D eigenvalue weighted by Crippen LogP contribution is -2.37. The van der Waals surface area contributed by atoms with Gasteiger partial charge in [0.1, 0.15) is 0 Å². The average Bonchev–Trinajstić information content (AvgIpc) is 2.15. The van der Waals surface area contributed by atoms with Gasteiger partial charge < -0.3 is 9.64 Å². The van der Waals surface area contributed by atoms with Gasteiger partial charge in [0.2, 0.25) is 0 Å². The first kappa shape index (κ1) is 13.9. The van der Waals surface area contributed by atoms with Crippen molar-refractivity contribution in [2.45, 2.75) is 46.1 Å². The van der Waals surface area contributed by atoms with E-state index in [4.69, 9.17) is 4.74 Å². The number of ether oxygens (including phenoxy) is 1. The molecule has 0 aromatic heterocycles. The summed E-state index contributed by atoms with van der Waals surface area (Å²) >= 11 is 0. The molecule has 0 aliphatic heterocycles. The van der Waals surface area contributed by atoms with E-state index < -0.39 is 0 Å². The summed E-state index contributed by atoms with van der Waals surface area (Å²) in [7, 11) is 4.16. The van der Waals surface area contributed by atoms with Crippen molar-refractivity contribution in [3.63, 3.8) is 0 Å². The van der Waals surface area contributed by atoms with E-state index in [1.165, 1.54) is 6.42 Å². The van der Waals surface area contributed by atoms with Crippen LogP contribution in [0.5, 0.6) is 0 Å².